The third kappa shape index (κ3) is 5.22. The van der Waals surface area contributed by atoms with Gasteiger partial charge in [-0.2, -0.15) is 0 Å². The highest BCUT2D eigenvalue weighted by atomic mass is 16.6. The van der Waals surface area contributed by atoms with E-state index >= 15 is 0 Å². The lowest BCUT2D eigenvalue weighted by Crippen LogP contribution is -2.48. The van der Waals surface area contributed by atoms with Gasteiger partial charge in [0.1, 0.15) is 11.9 Å². The zero-order chi connectivity index (χ0) is 25.9. The molecule has 7 heteroatoms. The van der Waals surface area contributed by atoms with Gasteiger partial charge in [0.05, 0.1) is 25.3 Å². The van der Waals surface area contributed by atoms with Crippen LogP contribution in [-0.2, 0) is 14.3 Å². The maximum absolute atomic E-state index is 12.7. The summed E-state index contributed by atoms with van der Waals surface area (Å²) in [4.78, 5) is 29.4. The summed E-state index contributed by atoms with van der Waals surface area (Å²) >= 11 is 0. The number of hydrogen-bond donors (Lipinski definition) is 1. The van der Waals surface area contributed by atoms with E-state index in [1.807, 2.05) is 50.4 Å². The largest absolute Gasteiger partial charge is 0.496 e. The Labute approximate surface area is 218 Å². The van der Waals surface area contributed by atoms with Crippen LogP contribution in [0.4, 0.5) is 4.79 Å². The molecule has 7 atom stereocenters. The molecule has 1 aromatic carbocycles. The van der Waals surface area contributed by atoms with E-state index in [1.165, 1.54) is 0 Å². The van der Waals surface area contributed by atoms with Crippen LogP contribution in [-0.4, -0.2) is 42.9 Å². The van der Waals surface area contributed by atoms with Gasteiger partial charge in [0, 0.05) is 29.3 Å². The van der Waals surface area contributed by atoms with Crippen molar-refractivity contribution >= 4 is 18.1 Å². The zero-order valence-corrected chi connectivity index (χ0v) is 21.8. The molecule has 3 aliphatic rings. The smallest absolute Gasteiger partial charge is 0.407 e. The first-order valence-electron chi connectivity index (χ1n) is 13.4. The molecule has 0 spiro atoms. The summed E-state index contributed by atoms with van der Waals surface area (Å²) in [6, 6.07) is 12.1. The van der Waals surface area contributed by atoms with Crippen molar-refractivity contribution in [2.45, 2.75) is 51.7 Å². The second-order valence-corrected chi connectivity index (χ2v) is 10.5. The van der Waals surface area contributed by atoms with Gasteiger partial charge in [-0.25, -0.2) is 4.79 Å². The Morgan fingerprint density at radius 1 is 1.19 bits per heavy atom. The molecule has 1 aromatic heterocycles. The number of para-hydroxylation sites is 1. The summed E-state index contributed by atoms with van der Waals surface area (Å²) in [6.45, 7) is 4.19. The standard InChI is InChI=1S/C30H36N2O5/c1-4-36-30(34)32-22-12-13-23-20(15-22)16-26-28(18(2)37-29(26)33)25(23)14-11-21-10-9-19(17-31-21)24-7-5-6-8-27(24)35-3/h5-11,14,17-18,20,22-23,25-26,28H,4,12-13,15-16H2,1-3H3,(H,32,34)/b14-11+/t18-,20+,22-,23-,25+,26-,28+/m1/s1. The fourth-order valence-electron chi connectivity index (χ4n) is 6.84. The van der Waals surface area contributed by atoms with Gasteiger partial charge in [-0.15, -0.1) is 0 Å². The summed E-state index contributed by atoms with van der Waals surface area (Å²) in [6.07, 6.45) is 9.39. The second kappa shape index (κ2) is 11.0. The lowest BCUT2D eigenvalue weighted by molar-refractivity contribution is -0.144. The van der Waals surface area contributed by atoms with Crippen molar-refractivity contribution in [2.75, 3.05) is 13.7 Å². The summed E-state index contributed by atoms with van der Waals surface area (Å²) in [7, 11) is 1.67. The average Bonchev–Trinajstić information content (AvgIpc) is 3.19. The number of carbonyl (C=O) groups is 2. The molecule has 3 fully saturated rings. The molecule has 2 heterocycles. The first-order valence-corrected chi connectivity index (χ1v) is 13.4. The minimum Gasteiger partial charge on any atom is -0.496 e. The topological polar surface area (TPSA) is 86.8 Å². The van der Waals surface area contributed by atoms with E-state index in [2.05, 4.69) is 23.5 Å². The number of nitrogens with one attached hydrogen (secondary N) is 1. The Bertz CT molecular complexity index is 1150. The predicted molar refractivity (Wildman–Crippen MR) is 141 cm³/mol. The van der Waals surface area contributed by atoms with Crippen LogP contribution >= 0.6 is 0 Å². The first-order chi connectivity index (χ1) is 18.0. The number of pyridine rings is 1. The number of rotatable bonds is 6. The van der Waals surface area contributed by atoms with Crippen molar-refractivity contribution < 1.29 is 23.8 Å². The maximum Gasteiger partial charge on any atom is 0.407 e. The minimum absolute atomic E-state index is 0.0749. The van der Waals surface area contributed by atoms with Gasteiger partial charge >= 0.3 is 12.1 Å². The van der Waals surface area contributed by atoms with E-state index in [9.17, 15) is 9.59 Å². The van der Waals surface area contributed by atoms with Gasteiger partial charge < -0.3 is 19.5 Å². The minimum atomic E-state index is -0.354. The number of amides is 1. The van der Waals surface area contributed by atoms with Crippen LogP contribution in [0.15, 0.2) is 48.7 Å². The molecule has 0 radical (unpaired) electrons. The Balaban J connectivity index is 1.35. The van der Waals surface area contributed by atoms with Gasteiger partial charge in [-0.05, 0) is 75.5 Å². The number of hydrogen-bond acceptors (Lipinski definition) is 6. The van der Waals surface area contributed by atoms with Gasteiger partial charge in [0.2, 0.25) is 0 Å². The van der Waals surface area contributed by atoms with Crippen LogP contribution in [0.25, 0.3) is 17.2 Å². The van der Waals surface area contributed by atoms with Crippen LogP contribution in [0.3, 0.4) is 0 Å². The second-order valence-electron chi connectivity index (χ2n) is 10.5. The van der Waals surface area contributed by atoms with Crippen molar-refractivity contribution in [2.24, 2.45) is 29.6 Å². The summed E-state index contributed by atoms with van der Waals surface area (Å²) < 4.78 is 16.3. The molecule has 5 rings (SSSR count). The summed E-state index contributed by atoms with van der Waals surface area (Å²) in [5.41, 5.74) is 2.89. The summed E-state index contributed by atoms with van der Waals surface area (Å²) in [5.74, 6) is 1.86. The van der Waals surface area contributed by atoms with Crippen molar-refractivity contribution in [1.29, 1.82) is 0 Å². The van der Waals surface area contributed by atoms with Gasteiger partial charge in [-0.3, -0.25) is 9.78 Å². The number of allylic oxidation sites excluding steroid dienone is 1. The molecule has 0 unspecified atom stereocenters. The fourth-order valence-corrected chi connectivity index (χ4v) is 6.84. The van der Waals surface area contributed by atoms with Crippen molar-refractivity contribution in [3.05, 3.63) is 54.4 Å². The number of nitrogens with zero attached hydrogens (tertiary/aromatic N) is 1. The van der Waals surface area contributed by atoms with Gasteiger partial charge in [-0.1, -0.05) is 30.3 Å². The summed E-state index contributed by atoms with van der Waals surface area (Å²) in [5, 5.41) is 3.02. The first kappa shape index (κ1) is 25.3. The van der Waals surface area contributed by atoms with Crippen LogP contribution in [0, 0.1) is 29.6 Å². The van der Waals surface area contributed by atoms with E-state index in [-0.39, 0.29) is 42.0 Å². The fraction of sp³-hybridized carbons (Fsp3) is 0.500. The molecule has 1 N–H and O–H groups in total. The molecule has 1 saturated heterocycles. The molecule has 2 aromatic rings. The lowest BCUT2D eigenvalue weighted by atomic mass is 9.57. The molecule has 196 valence electrons. The molecule has 37 heavy (non-hydrogen) atoms. The van der Waals surface area contributed by atoms with Crippen molar-refractivity contribution in [3.63, 3.8) is 0 Å². The van der Waals surface area contributed by atoms with Crippen molar-refractivity contribution in [3.8, 4) is 16.9 Å². The van der Waals surface area contributed by atoms with Gasteiger partial charge in [0.15, 0.2) is 0 Å². The Morgan fingerprint density at radius 3 is 2.78 bits per heavy atom. The maximum atomic E-state index is 12.7. The molecule has 1 aliphatic heterocycles. The number of esters is 1. The molecule has 1 amide bonds. The monoisotopic (exact) mass is 504 g/mol. The number of alkyl carbamates (subject to hydrolysis) is 1. The van der Waals surface area contributed by atoms with E-state index in [0.717, 1.165) is 48.3 Å². The highest BCUT2D eigenvalue weighted by molar-refractivity contribution is 5.76. The van der Waals surface area contributed by atoms with E-state index in [1.54, 1.807) is 7.11 Å². The molecular weight excluding hydrogens is 468 g/mol. The van der Waals surface area contributed by atoms with Gasteiger partial charge in [0.25, 0.3) is 0 Å². The molecule has 0 bridgehead atoms. The number of ether oxygens (including phenoxy) is 3. The highest BCUT2D eigenvalue weighted by Crippen LogP contribution is 2.53. The van der Waals surface area contributed by atoms with Crippen LogP contribution < -0.4 is 10.1 Å². The number of fused-ring (bicyclic) bond motifs is 2. The third-order valence-corrected chi connectivity index (χ3v) is 8.44. The molecule has 2 saturated carbocycles. The average molecular weight is 505 g/mol. The number of cyclic esters (lactones) is 1. The Hall–Kier alpha value is -3.35. The normalized spacial score (nSPS) is 30.8. The van der Waals surface area contributed by atoms with E-state index in [4.69, 9.17) is 19.2 Å². The van der Waals surface area contributed by atoms with E-state index < -0.39 is 0 Å². The Kier molecular flexibility index (Phi) is 7.49. The molecule has 2 aliphatic carbocycles. The number of benzene rings is 1. The SMILES string of the molecule is CCOC(=O)N[C@@H]1CC[C@@H]2[C@@H](C1)C[C@H]1C(=O)O[C@H](C)[C@H]1[C@H]2/C=C/c1ccc(-c2ccccc2OC)cn1. The van der Waals surface area contributed by atoms with Crippen LogP contribution in [0.5, 0.6) is 5.75 Å². The van der Waals surface area contributed by atoms with Crippen LogP contribution in [0.1, 0.15) is 45.2 Å². The molecular formula is C30H36N2O5. The predicted octanol–water partition coefficient (Wildman–Crippen LogP) is 5.50. The number of carbonyl (C=O) groups excluding carboxylic acids is 2. The zero-order valence-electron chi connectivity index (χ0n) is 21.8. The highest BCUT2D eigenvalue weighted by Gasteiger charge is 2.54. The Morgan fingerprint density at radius 2 is 2.03 bits per heavy atom. The van der Waals surface area contributed by atoms with Crippen LogP contribution in [0.2, 0.25) is 0 Å². The number of aromatic nitrogens is 1. The van der Waals surface area contributed by atoms with E-state index in [0.29, 0.717) is 18.4 Å². The lowest BCUT2D eigenvalue weighted by Gasteiger charge is -2.47. The number of methoxy groups -OCH3 is 1. The third-order valence-electron chi connectivity index (χ3n) is 8.44. The quantitative estimate of drug-likeness (QED) is 0.523. The van der Waals surface area contributed by atoms with Crippen molar-refractivity contribution in [1.82, 2.24) is 10.3 Å². The molecule has 7 nitrogen and oxygen atoms in total.